The van der Waals surface area contributed by atoms with E-state index in [0.717, 1.165) is 36.4 Å². The number of hydrogen-bond donors (Lipinski definition) is 12. The van der Waals surface area contributed by atoms with E-state index in [-0.39, 0.29) is 350 Å². The van der Waals surface area contributed by atoms with Crippen molar-refractivity contribution < 1.29 is 289 Å². The van der Waals surface area contributed by atoms with Crippen molar-refractivity contribution in [1.29, 1.82) is 0 Å². The number of anilines is 15. The minimum Gasteiger partial charge on any atom is -0.744 e. The number of benzene rings is 6. The predicted octanol–water partition coefficient (Wildman–Crippen LogP) is -15.7. The van der Waals surface area contributed by atoms with E-state index in [1.165, 1.54) is 138 Å². The molecule has 0 aliphatic rings. The normalized spacial score (nSPS) is 11.9. The number of nitrogens with one attached hydrogen (secondary N) is 6. The van der Waals surface area contributed by atoms with Gasteiger partial charge in [0.15, 0.2) is 0 Å². The van der Waals surface area contributed by atoms with Crippen LogP contribution in [0.1, 0.15) is 36.1 Å². The molecule has 0 saturated heterocycles. The first kappa shape index (κ1) is 107. The maximum Gasteiger partial charge on any atom is 1.00 e. The van der Waals surface area contributed by atoms with Crippen LogP contribution in [0.5, 0.6) is 0 Å². The average Bonchev–Trinajstić information content (AvgIpc) is 0.799. The van der Waals surface area contributed by atoms with Crippen LogP contribution in [-0.2, 0) is 59.2 Å². The Morgan fingerprint density at radius 3 is 0.872 bits per heavy atom. The van der Waals surface area contributed by atoms with Gasteiger partial charge in [0.05, 0.1) is 82.3 Å². The molecule has 3 heterocycles. The molecule has 2 atom stereocenters. The third-order valence-corrected chi connectivity index (χ3v) is 19.6. The van der Waals surface area contributed by atoms with Gasteiger partial charge >= 0.3 is 177 Å². The second-order valence-corrected chi connectivity index (χ2v) is 30.0. The van der Waals surface area contributed by atoms with E-state index < -0.39 is 85.5 Å². The first-order valence-corrected chi connectivity index (χ1v) is 39.1. The summed E-state index contributed by atoms with van der Waals surface area (Å²) in [5.41, 5.74) is 0.892. The molecule has 0 bridgehead atoms. The number of aromatic nitrogens is 9. The molecule has 0 aliphatic heterocycles. The molecule has 42 nitrogen and oxygen atoms in total. The van der Waals surface area contributed by atoms with E-state index in [2.05, 4.69) is 95.5 Å². The molecule has 2 unspecified atom stereocenters. The van der Waals surface area contributed by atoms with Crippen molar-refractivity contribution in [3.63, 3.8) is 0 Å². The molecule has 9 aromatic rings. The number of nitrogens with zero attached hydrogens (tertiary/aromatic N) is 12. The van der Waals surface area contributed by atoms with E-state index in [4.69, 9.17) is 0 Å². The number of hydrogen-bond acceptors (Lipinski definition) is 44. The summed E-state index contributed by atoms with van der Waals surface area (Å²) in [7, 11) is -20.2. The zero-order chi connectivity index (χ0) is 80.2. The quantitative estimate of drug-likeness (QED) is 0.00423. The van der Waals surface area contributed by atoms with Gasteiger partial charge in [-0.15, -0.1) is 0 Å². The summed E-state index contributed by atoms with van der Waals surface area (Å²) >= 11 is 0.821. The molecule has 0 spiro atoms. The zero-order valence-electron chi connectivity index (χ0n) is 63.4. The summed E-state index contributed by atoms with van der Waals surface area (Å²) in [5.74, 6) is -1.55. The maximum absolute atomic E-state index is 13.1. The molecule has 0 aliphatic carbocycles. The van der Waals surface area contributed by atoms with Crippen LogP contribution in [0, 0.1) is 0 Å². The fourth-order valence-corrected chi connectivity index (χ4v) is 13.4. The zero-order valence-corrected chi connectivity index (χ0v) is 80.3. The summed E-state index contributed by atoms with van der Waals surface area (Å²) in [6.07, 6.45) is 3.18. The van der Waals surface area contributed by atoms with Gasteiger partial charge in [-0.05, 0) is 133 Å². The molecular weight excluding hydrogens is 1720 g/mol. The smallest absolute Gasteiger partial charge is 0.744 e. The third-order valence-electron chi connectivity index (χ3n) is 14.8. The molecule has 6 aromatic carbocycles. The van der Waals surface area contributed by atoms with E-state index in [1.54, 1.807) is 0 Å². The molecule has 117 heavy (non-hydrogen) atoms. The fourth-order valence-electron chi connectivity index (χ4n) is 10.1. The van der Waals surface area contributed by atoms with Gasteiger partial charge in [-0.1, -0.05) is 48.6 Å². The molecule has 9 rings (SSSR count). The summed E-state index contributed by atoms with van der Waals surface area (Å²) in [4.78, 5) is 41.6. The third kappa shape index (κ3) is 33.1. The molecule has 54 heteroatoms. The van der Waals surface area contributed by atoms with Crippen LogP contribution in [0.25, 0.3) is 24.3 Å². The molecule has 0 fully saturated rings. The Labute approximate surface area is 811 Å². The Bertz CT molecular complexity index is 5280. The number of aliphatic hydroxyl groups is 6. The van der Waals surface area contributed by atoms with Crippen LogP contribution in [-0.4, -0.2) is 205 Å². The van der Waals surface area contributed by atoms with Crippen LogP contribution in [0.3, 0.4) is 0 Å². The van der Waals surface area contributed by atoms with Gasteiger partial charge < -0.3 is 106 Å². The number of aliphatic hydroxyl groups excluding tert-OH is 6. The van der Waals surface area contributed by atoms with Crippen molar-refractivity contribution in [2.24, 2.45) is 0 Å². The monoisotopic (exact) mass is 1790 g/mol. The SMILES string of the molecule is CC(O)CN(CC(C)O)c1nc(Nc2ccc(/C=C/c3ccc(Nc4nc(Nc5ccc(S(=O)(=O)[O-])cc5)nc(N(CCO)CCO)n4)cc3S(=O)(=O)[O-])c(SOO[O-])c2)nc(Nc2ccc(/C=C/c3ccc(Nc4nc(Nc5ccc(S(=O)(=O)[O-])cc5)nc(N(CCO)CCO)n4)cc3SOO[O-])c(S(=O)(=O)[O-])c2)n1.[Na+].[Na+].[Na+].[Na+].[Na+].[Na+]. The molecule has 0 radical (unpaired) electrons. The van der Waals surface area contributed by atoms with E-state index in [9.17, 15) is 93.0 Å². The van der Waals surface area contributed by atoms with Crippen molar-refractivity contribution >= 4 is 177 Å². The minimum absolute atomic E-state index is 0. The van der Waals surface area contributed by atoms with Gasteiger partial charge in [0.25, 0.3) is 0 Å². The molecular formula is C63H64N18Na6O24S6. The summed E-state index contributed by atoms with van der Waals surface area (Å²) in [5, 5.41) is 107. The van der Waals surface area contributed by atoms with E-state index >= 15 is 0 Å². The fraction of sp³-hybridized carbons (Fsp3) is 0.222. The average molecular weight is 1790 g/mol. The van der Waals surface area contributed by atoms with Gasteiger partial charge in [-0.3, -0.25) is 10.1 Å². The van der Waals surface area contributed by atoms with Gasteiger partial charge in [-0.2, -0.15) is 53.5 Å². The summed E-state index contributed by atoms with van der Waals surface area (Å²) in [6, 6.07) is 25.2. The van der Waals surface area contributed by atoms with E-state index in [1.807, 2.05) is 0 Å². The van der Waals surface area contributed by atoms with E-state index in [0.29, 0.717) is 24.1 Å². The Morgan fingerprint density at radius 2 is 0.615 bits per heavy atom. The van der Waals surface area contributed by atoms with Crippen molar-refractivity contribution in [2.45, 2.75) is 55.4 Å². The van der Waals surface area contributed by atoms with Gasteiger partial charge in [0.1, 0.15) is 40.5 Å². The van der Waals surface area contributed by atoms with Crippen LogP contribution in [0.4, 0.5) is 87.7 Å². The minimum atomic E-state index is -5.33. The molecule has 0 amide bonds. The van der Waals surface area contributed by atoms with Gasteiger partial charge in [-0.25, -0.2) is 33.7 Å². The Balaban J connectivity index is 0.00000590. The van der Waals surface area contributed by atoms with Crippen molar-refractivity contribution in [2.75, 3.05) is 112 Å². The second-order valence-electron chi connectivity index (χ2n) is 23.1. The second kappa shape index (κ2) is 50.6. The maximum atomic E-state index is 13.1. The Morgan fingerprint density at radius 1 is 0.368 bits per heavy atom. The largest absolute Gasteiger partial charge is 1.00 e. The predicted molar refractivity (Wildman–Crippen MR) is 392 cm³/mol. The summed E-state index contributed by atoms with van der Waals surface area (Å²) in [6.45, 7) is 0.830. The number of rotatable bonds is 41. The van der Waals surface area contributed by atoms with Crippen LogP contribution in [0.2, 0.25) is 0 Å². The first-order chi connectivity index (χ1) is 52.8. The molecule has 3 aromatic heterocycles. The Kier molecular flexibility index (Phi) is 46.3. The van der Waals surface area contributed by atoms with Gasteiger partial charge in [0.2, 0.25) is 53.5 Å². The topological polar surface area (TPSA) is 631 Å². The van der Waals surface area contributed by atoms with Crippen molar-refractivity contribution in [3.8, 4) is 0 Å². The Hall–Kier alpha value is -4.11. The standard InChI is InChI=1S/C63H70N18O24S6.6Na/c1-37(86)35-81(36-38(2)87)63-77-58(67-46-12-8-40(52(32-46)107-105-103-89)4-5-41-9-13-47(33-53(41)110(96,97)98)68-59-71-56(74-62(76-59)80(25-29-84)26-30-85)65-44-17-21-50(22-18-44)109(93,94)95)72-60(78-63)69-48-14-10-42(54(34-48)111(99,100)101)6-3-39-7-11-45(31-51(39)106-104-102-88)66-57-70-55(73-61(75-57)79(23-27-82)24-28-83)64-43-15-19-49(20-16-43)108(90,91)92;;;;;;/h3-22,31-34,37-38,82-89H,23-30,35-36H2,1-2H3,(H,90,91,92)(H,93,94,95)(H,96,97,98)(H,99,100,101)(H2,64,66,70,73,75)(H2,65,68,71,74,76)(H2,67,69,72,77,78);;;;;;/q;6*+1/p-6/b5-4+,6-3+;;;;;;. The molecule has 0 saturated carbocycles. The van der Waals surface area contributed by atoms with Crippen molar-refractivity contribution in [1.82, 2.24) is 44.9 Å². The van der Waals surface area contributed by atoms with Crippen LogP contribution in [0.15, 0.2) is 151 Å². The van der Waals surface area contributed by atoms with Crippen molar-refractivity contribution in [3.05, 3.63) is 144 Å². The molecule has 12 N–H and O–H groups in total. The van der Waals surface area contributed by atoms with Crippen LogP contribution < -0.4 is 234 Å². The summed E-state index contributed by atoms with van der Waals surface area (Å²) < 4.78 is 157. The first-order valence-electron chi connectivity index (χ1n) is 32.0. The van der Waals surface area contributed by atoms with Gasteiger partial charge in [0, 0.05) is 83.2 Å². The molecule has 592 valence electrons. The van der Waals surface area contributed by atoms with Crippen LogP contribution >= 0.6 is 24.1 Å².